The van der Waals surface area contributed by atoms with Crippen molar-refractivity contribution in [3.8, 4) is 23.0 Å². The monoisotopic (exact) mass is 492 g/mol. The first kappa shape index (κ1) is 24.8. The van der Waals surface area contributed by atoms with Crippen LogP contribution in [0.5, 0.6) is 23.0 Å². The molecule has 36 heavy (non-hydrogen) atoms. The molecular formula is C27H28N2O7. The summed E-state index contributed by atoms with van der Waals surface area (Å²) in [6, 6.07) is 16.5. The van der Waals surface area contributed by atoms with Crippen LogP contribution in [0.1, 0.15) is 35.1 Å². The van der Waals surface area contributed by atoms with E-state index in [-0.39, 0.29) is 29.5 Å². The number of rotatable bonds is 8. The van der Waals surface area contributed by atoms with Crippen molar-refractivity contribution < 1.29 is 29.0 Å². The van der Waals surface area contributed by atoms with Crippen LogP contribution >= 0.6 is 0 Å². The van der Waals surface area contributed by atoms with Gasteiger partial charge in [0.25, 0.3) is 0 Å². The van der Waals surface area contributed by atoms with Crippen molar-refractivity contribution in [3.63, 3.8) is 0 Å². The lowest BCUT2D eigenvalue weighted by Crippen LogP contribution is -2.51. The zero-order valence-corrected chi connectivity index (χ0v) is 20.3. The van der Waals surface area contributed by atoms with Gasteiger partial charge in [-0.15, -0.1) is 0 Å². The van der Waals surface area contributed by atoms with E-state index >= 15 is 0 Å². The first-order chi connectivity index (χ1) is 17.3. The van der Waals surface area contributed by atoms with Crippen LogP contribution in [0.3, 0.4) is 0 Å². The quantitative estimate of drug-likeness (QED) is 0.368. The summed E-state index contributed by atoms with van der Waals surface area (Å²) >= 11 is 0. The Kier molecular flexibility index (Phi) is 7.28. The van der Waals surface area contributed by atoms with Crippen LogP contribution in [0.2, 0.25) is 0 Å². The minimum Gasteiger partial charge on any atom is -0.508 e. The van der Waals surface area contributed by atoms with Crippen molar-refractivity contribution in [2.75, 3.05) is 21.3 Å². The number of carbonyl (C=O) groups excluding carboxylic acids is 1. The molecule has 1 fully saturated rings. The highest BCUT2D eigenvalue weighted by molar-refractivity contribution is 5.79. The molecule has 0 aromatic heterocycles. The maximum absolute atomic E-state index is 13.6. The molecule has 1 saturated heterocycles. The number of nitrogens with zero attached hydrogens (tertiary/aromatic N) is 2. The number of phenols is 1. The van der Waals surface area contributed by atoms with Crippen LogP contribution in [-0.2, 0) is 11.3 Å². The van der Waals surface area contributed by atoms with Crippen molar-refractivity contribution >= 4 is 5.91 Å². The number of amides is 1. The molecule has 0 unspecified atom stereocenters. The van der Waals surface area contributed by atoms with Crippen LogP contribution < -0.4 is 14.2 Å². The summed E-state index contributed by atoms with van der Waals surface area (Å²) < 4.78 is 16.1. The summed E-state index contributed by atoms with van der Waals surface area (Å²) in [4.78, 5) is 27.5. The first-order valence-electron chi connectivity index (χ1n) is 11.4. The molecule has 4 rings (SSSR count). The van der Waals surface area contributed by atoms with Crippen molar-refractivity contribution in [1.82, 2.24) is 4.90 Å². The Labute approximate surface area is 209 Å². The molecule has 3 aromatic rings. The van der Waals surface area contributed by atoms with E-state index in [2.05, 4.69) is 0 Å². The molecule has 0 saturated carbocycles. The maximum atomic E-state index is 13.6. The molecule has 9 heteroatoms. The molecule has 1 aliphatic rings. The van der Waals surface area contributed by atoms with Gasteiger partial charge >= 0.3 is 0 Å². The number of piperidine rings is 1. The van der Waals surface area contributed by atoms with Crippen LogP contribution in [0, 0.1) is 10.1 Å². The Bertz CT molecular complexity index is 1220. The Morgan fingerprint density at radius 3 is 2.14 bits per heavy atom. The second kappa shape index (κ2) is 10.6. The molecule has 0 aliphatic carbocycles. The van der Waals surface area contributed by atoms with Gasteiger partial charge in [-0.05, 0) is 53.1 Å². The van der Waals surface area contributed by atoms with E-state index < -0.39 is 18.0 Å². The van der Waals surface area contributed by atoms with Crippen LogP contribution in [0.4, 0.5) is 0 Å². The SMILES string of the molecule is COc1cccc(CN2C(=O)C[C@@H](c3cc(OC)cc(OC)c3)[C@H]([N+](=O)[O-])[C@H]2c2ccc(O)cc2)c1. The number of likely N-dealkylation sites (tertiary alicyclic amines) is 1. The molecule has 3 atom stereocenters. The van der Waals surface area contributed by atoms with Crippen molar-refractivity contribution in [1.29, 1.82) is 0 Å². The number of carbonyl (C=O) groups is 1. The van der Waals surface area contributed by atoms with Crippen LogP contribution in [-0.4, -0.2) is 48.2 Å². The molecule has 0 spiro atoms. The molecule has 1 N–H and O–H groups in total. The number of hydrogen-bond acceptors (Lipinski definition) is 7. The average Bonchev–Trinajstić information content (AvgIpc) is 2.89. The Balaban J connectivity index is 1.83. The first-order valence-corrected chi connectivity index (χ1v) is 11.4. The van der Waals surface area contributed by atoms with Crippen molar-refractivity contribution in [2.24, 2.45) is 0 Å². The highest BCUT2D eigenvalue weighted by atomic mass is 16.6. The summed E-state index contributed by atoms with van der Waals surface area (Å²) in [6.45, 7) is 0.167. The summed E-state index contributed by atoms with van der Waals surface area (Å²) in [5, 5.41) is 22.5. The zero-order valence-electron chi connectivity index (χ0n) is 20.3. The van der Waals surface area contributed by atoms with Gasteiger partial charge in [-0.3, -0.25) is 14.9 Å². The summed E-state index contributed by atoms with van der Waals surface area (Å²) in [5.74, 6) is 0.688. The summed E-state index contributed by atoms with van der Waals surface area (Å²) in [5.41, 5.74) is 1.94. The van der Waals surface area contributed by atoms with Crippen molar-refractivity contribution in [2.45, 2.75) is 31.0 Å². The number of benzene rings is 3. The number of hydrogen-bond donors (Lipinski definition) is 1. The smallest absolute Gasteiger partial charge is 0.244 e. The van der Waals surface area contributed by atoms with Gasteiger partial charge in [-0.1, -0.05) is 24.3 Å². The maximum Gasteiger partial charge on any atom is 0.244 e. The Morgan fingerprint density at radius 2 is 1.56 bits per heavy atom. The molecule has 3 aromatic carbocycles. The normalized spacial score (nSPS) is 19.6. The number of aromatic hydroxyl groups is 1. The predicted molar refractivity (Wildman–Crippen MR) is 132 cm³/mol. The molecule has 0 bridgehead atoms. The van der Waals surface area contributed by atoms with E-state index in [1.165, 1.54) is 26.4 Å². The lowest BCUT2D eigenvalue weighted by Gasteiger charge is -2.41. The van der Waals surface area contributed by atoms with Gasteiger partial charge in [0.2, 0.25) is 11.9 Å². The van der Waals surface area contributed by atoms with E-state index in [1.54, 1.807) is 54.5 Å². The van der Waals surface area contributed by atoms with Gasteiger partial charge in [-0.25, -0.2) is 0 Å². The van der Waals surface area contributed by atoms with Gasteiger partial charge in [0, 0.05) is 24.0 Å². The highest BCUT2D eigenvalue weighted by Gasteiger charge is 2.50. The van der Waals surface area contributed by atoms with Crippen LogP contribution in [0.15, 0.2) is 66.7 Å². The molecule has 0 radical (unpaired) electrons. The van der Waals surface area contributed by atoms with Gasteiger partial charge in [0.1, 0.15) is 29.0 Å². The fourth-order valence-corrected chi connectivity index (χ4v) is 4.81. The number of phenolic OH excluding ortho intramolecular Hbond substituents is 1. The van der Waals surface area contributed by atoms with E-state index in [9.17, 15) is 20.0 Å². The van der Waals surface area contributed by atoms with Crippen LogP contribution in [0.25, 0.3) is 0 Å². The largest absolute Gasteiger partial charge is 0.508 e. The number of nitro groups is 1. The summed E-state index contributed by atoms with van der Waals surface area (Å²) in [6.07, 6.45) is -0.0550. The predicted octanol–water partition coefficient (Wildman–Crippen LogP) is 4.32. The third-order valence-corrected chi connectivity index (χ3v) is 6.55. The highest BCUT2D eigenvalue weighted by Crippen LogP contribution is 2.44. The molecule has 1 aliphatic heterocycles. The van der Waals surface area contributed by atoms with E-state index in [0.29, 0.717) is 28.4 Å². The molecule has 188 valence electrons. The van der Waals surface area contributed by atoms with E-state index in [4.69, 9.17) is 14.2 Å². The van der Waals surface area contributed by atoms with Gasteiger partial charge in [0.15, 0.2) is 0 Å². The Morgan fingerprint density at radius 1 is 0.917 bits per heavy atom. The number of methoxy groups -OCH3 is 3. The third kappa shape index (κ3) is 5.05. The van der Waals surface area contributed by atoms with Crippen molar-refractivity contribution in [3.05, 3.63) is 93.5 Å². The standard InChI is InChI=1S/C27H28N2O7/c1-34-21-6-4-5-17(11-21)16-28-25(31)15-24(19-12-22(35-2)14-23(13-19)36-3)27(29(32)33)26(28)18-7-9-20(30)10-8-18/h4-14,24,26-27,30H,15-16H2,1-3H3/t24-,26+,27-/m0/s1. The molecular weight excluding hydrogens is 464 g/mol. The van der Waals surface area contributed by atoms with Gasteiger partial charge < -0.3 is 24.2 Å². The molecule has 9 nitrogen and oxygen atoms in total. The molecule has 1 amide bonds. The van der Waals surface area contributed by atoms with Gasteiger partial charge in [0.05, 0.1) is 27.2 Å². The topological polar surface area (TPSA) is 111 Å². The second-order valence-electron chi connectivity index (χ2n) is 8.64. The minimum atomic E-state index is -1.16. The Hall–Kier alpha value is -4.27. The lowest BCUT2D eigenvalue weighted by molar-refractivity contribution is -0.537. The lowest BCUT2D eigenvalue weighted by atomic mass is 9.78. The third-order valence-electron chi connectivity index (χ3n) is 6.55. The second-order valence-corrected chi connectivity index (χ2v) is 8.64. The average molecular weight is 493 g/mol. The fraction of sp³-hybridized carbons (Fsp3) is 0.296. The van der Waals surface area contributed by atoms with E-state index in [0.717, 1.165) is 5.56 Å². The van der Waals surface area contributed by atoms with E-state index in [1.807, 2.05) is 12.1 Å². The minimum absolute atomic E-state index is 0.0342. The molecule has 1 heterocycles. The van der Waals surface area contributed by atoms with Gasteiger partial charge in [-0.2, -0.15) is 0 Å². The number of ether oxygens (including phenoxy) is 3. The summed E-state index contributed by atoms with van der Waals surface area (Å²) in [7, 11) is 4.57. The zero-order chi connectivity index (χ0) is 25.8. The fourth-order valence-electron chi connectivity index (χ4n) is 4.81.